The summed E-state index contributed by atoms with van der Waals surface area (Å²) in [6, 6.07) is 14.9. The molecule has 0 spiro atoms. The van der Waals surface area contributed by atoms with Crippen LogP contribution in [0.4, 0.5) is 5.95 Å². The van der Waals surface area contributed by atoms with Crippen LogP contribution >= 0.6 is 23.1 Å². The topological polar surface area (TPSA) is 44.3 Å². The lowest BCUT2D eigenvalue weighted by molar-refractivity contribution is 0.425. The Balaban J connectivity index is 1.86. The minimum Gasteiger partial charge on any atom is -0.353 e. The van der Waals surface area contributed by atoms with Gasteiger partial charge in [-0.3, -0.25) is 0 Å². The summed E-state index contributed by atoms with van der Waals surface area (Å²) < 4.78 is 0. The molecule has 0 amide bonds. The number of thioether (sulfide) groups is 1. The van der Waals surface area contributed by atoms with E-state index in [-0.39, 0.29) is 0 Å². The summed E-state index contributed by atoms with van der Waals surface area (Å²) in [5.41, 5.74) is 3.03. The molecule has 2 heterocycles. The Bertz CT molecular complexity index is 894. The number of aromatic nitrogens is 2. The molecular weight excluding hydrogens is 398 g/mol. The van der Waals surface area contributed by atoms with E-state index in [1.165, 1.54) is 4.90 Å². The molecule has 3 rings (SSSR count). The van der Waals surface area contributed by atoms with Gasteiger partial charge in [-0.2, -0.15) is 0 Å². The molecule has 0 aliphatic carbocycles. The highest BCUT2D eigenvalue weighted by Crippen LogP contribution is 2.30. The van der Waals surface area contributed by atoms with Crippen molar-refractivity contribution in [3.63, 3.8) is 0 Å². The molecule has 0 saturated carbocycles. The van der Waals surface area contributed by atoms with Crippen molar-refractivity contribution in [1.82, 2.24) is 19.8 Å². The third-order valence-electron chi connectivity index (χ3n) is 4.28. The van der Waals surface area contributed by atoms with Gasteiger partial charge in [-0.1, -0.05) is 18.2 Å². The number of thiophene rings is 1. The Labute approximate surface area is 182 Å². The molecule has 1 N–H and O–H groups in total. The predicted molar refractivity (Wildman–Crippen MR) is 127 cm³/mol. The zero-order chi connectivity index (χ0) is 20.6. The van der Waals surface area contributed by atoms with E-state index in [9.17, 15) is 0 Å². The number of benzene rings is 1. The molecule has 0 atom stereocenters. The van der Waals surface area contributed by atoms with Crippen LogP contribution in [0, 0.1) is 0 Å². The fraction of sp³-hybridized carbons (Fsp3) is 0.364. The summed E-state index contributed by atoms with van der Waals surface area (Å²) in [5, 5.41) is 5.46. The Morgan fingerprint density at radius 1 is 0.931 bits per heavy atom. The van der Waals surface area contributed by atoms with Gasteiger partial charge in [-0.25, -0.2) is 9.97 Å². The van der Waals surface area contributed by atoms with Gasteiger partial charge in [0, 0.05) is 35.8 Å². The van der Waals surface area contributed by atoms with Gasteiger partial charge in [-0.15, -0.1) is 23.1 Å². The molecule has 0 unspecified atom stereocenters. The maximum absolute atomic E-state index is 4.81. The molecule has 7 heteroatoms. The van der Waals surface area contributed by atoms with E-state index in [0.717, 1.165) is 47.2 Å². The van der Waals surface area contributed by atoms with E-state index in [4.69, 9.17) is 9.97 Å². The zero-order valence-corrected chi connectivity index (χ0v) is 19.2. The van der Waals surface area contributed by atoms with Gasteiger partial charge in [0.15, 0.2) is 0 Å². The first-order valence-corrected chi connectivity index (χ1v) is 11.6. The van der Waals surface area contributed by atoms with Crippen molar-refractivity contribution in [3.8, 4) is 21.8 Å². The number of likely N-dealkylation sites (N-methyl/N-ethyl adjacent to an activating group) is 1. The molecule has 0 radical (unpaired) electrons. The number of nitrogens with one attached hydrogen (secondary N) is 1. The number of rotatable bonds is 10. The average molecular weight is 428 g/mol. The van der Waals surface area contributed by atoms with Crippen LogP contribution in [-0.2, 0) is 0 Å². The fourth-order valence-electron chi connectivity index (χ4n) is 2.71. The first kappa shape index (κ1) is 21.8. The van der Waals surface area contributed by atoms with Crippen molar-refractivity contribution < 1.29 is 0 Å². The van der Waals surface area contributed by atoms with Gasteiger partial charge in [-0.05, 0) is 57.8 Å². The molecule has 1 aromatic carbocycles. The number of hydrogen-bond donors (Lipinski definition) is 1. The van der Waals surface area contributed by atoms with Gasteiger partial charge >= 0.3 is 0 Å². The molecule has 5 nitrogen and oxygen atoms in total. The van der Waals surface area contributed by atoms with Crippen molar-refractivity contribution in [3.05, 3.63) is 47.8 Å². The van der Waals surface area contributed by atoms with Crippen molar-refractivity contribution in [1.29, 1.82) is 0 Å². The number of nitrogens with zero attached hydrogens (tertiary/aromatic N) is 4. The molecule has 0 bridgehead atoms. The summed E-state index contributed by atoms with van der Waals surface area (Å²) >= 11 is 3.58. The van der Waals surface area contributed by atoms with Crippen LogP contribution in [0.5, 0.6) is 0 Å². The van der Waals surface area contributed by atoms with Crippen molar-refractivity contribution in [2.75, 3.05) is 58.9 Å². The van der Waals surface area contributed by atoms with Crippen molar-refractivity contribution in [2.45, 2.75) is 4.90 Å². The second-order valence-corrected chi connectivity index (χ2v) is 9.46. The van der Waals surface area contributed by atoms with Crippen molar-refractivity contribution in [2.24, 2.45) is 0 Å². The van der Waals surface area contributed by atoms with E-state index in [1.54, 1.807) is 11.3 Å². The van der Waals surface area contributed by atoms with Gasteiger partial charge in [0.25, 0.3) is 0 Å². The molecule has 154 valence electrons. The first-order valence-electron chi connectivity index (χ1n) is 9.71. The minimum atomic E-state index is 0.679. The van der Waals surface area contributed by atoms with Crippen LogP contribution in [0.2, 0.25) is 0 Å². The van der Waals surface area contributed by atoms with E-state index >= 15 is 0 Å². The normalized spacial score (nSPS) is 11.4. The summed E-state index contributed by atoms with van der Waals surface area (Å²) in [6.07, 6.45) is 0. The molecule has 2 aromatic heterocycles. The van der Waals surface area contributed by atoms with E-state index < -0.39 is 0 Å². The zero-order valence-electron chi connectivity index (χ0n) is 17.6. The lowest BCUT2D eigenvalue weighted by atomic mass is 10.1. The maximum Gasteiger partial charge on any atom is 0.223 e. The molecular formula is C22H29N5S2. The SMILES string of the molecule is CN(C)CCNc1nc(-c2cccc(SCCN(C)C)c2)cc(-c2cccs2)n1. The lowest BCUT2D eigenvalue weighted by Crippen LogP contribution is -2.21. The van der Waals surface area contributed by atoms with Crippen LogP contribution in [0.15, 0.2) is 52.7 Å². The highest BCUT2D eigenvalue weighted by molar-refractivity contribution is 7.99. The smallest absolute Gasteiger partial charge is 0.223 e. The highest BCUT2D eigenvalue weighted by atomic mass is 32.2. The monoisotopic (exact) mass is 427 g/mol. The van der Waals surface area contributed by atoms with Gasteiger partial charge in [0.2, 0.25) is 5.95 Å². The first-order chi connectivity index (χ1) is 14.0. The Morgan fingerprint density at radius 2 is 1.72 bits per heavy atom. The summed E-state index contributed by atoms with van der Waals surface area (Å²) in [7, 11) is 8.34. The third-order valence-corrected chi connectivity index (χ3v) is 6.15. The molecule has 0 aliphatic heterocycles. The number of anilines is 1. The predicted octanol–water partition coefficient (Wildman–Crippen LogP) is 4.50. The molecule has 29 heavy (non-hydrogen) atoms. The van der Waals surface area contributed by atoms with Gasteiger partial charge in [0.1, 0.15) is 0 Å². The maximum atomic E-state index is 4.81. The molecule has 3 aromatic rings. The van der Waals surface area contributed by atoms with Crippen LogP contribution < -0.4 is 5.32 Å². The van der Waals surface area contributed by atoms with Gasteiger partial charge < -0.3 is 15.1 Å². The Morgan fingerprint density at radius 3 is 2.45 bits per heavy atom. The van der Waals surface area contributed by atoms with Crippen LogP contribution in [0.1, 0.15) is 0 Å². The minimum absolute atomic E-state index is 0.679. The lowest BCUT2D eigenvalue weighted by Gasteiger charge is -2.13. The van der Waals surface area contributed by atoms with E-state index in [2.05, 4.69) is 91.2 Å². The van der Waals surface area contributed by atoms with Crippen LogP contribution in [-0.4, -0.2) is 73.3 Å². The average Bonchev–Trinajstić information content (AvgIpc) is 3.22. The standard InChI is InChI=1S/C22H29N5S2/c1-26(2)11-10-23-22-24-19(16-20(25-22)21-9-6-13-29-21)17-7-5-8-18(15-17)28-14-12-27(3)4/h5-9,13,15-16H,10-12,14H2,1-4H3,(H,23,24,25). The Hall–Kier alpha value is -1.93. The fourth-order valence-corrected chi connectivity index (χ4v) is 4.47. The largest absolute Gasteiger partial charge is 0.353 e. The van der Waals surface area contributed by atoms with E-state index in [0.29, 0.717) is 5.95 Å². The summed E-state index contributed by atoms with van der Waals surface area (Å²) in [5.74, 6) is 1.75. The molecule has 0 saturated heterocycles. The van der Waals surface area contributed by atoms with Crippen LogP contribution in [0.25, 0.3) is 21.8 Å². The van der Waals surface area contributed by atoms with Gasteiger partial charge in [0.05, 0.1) is 16.3 Å². The summed E-state index contributed by atoms with van der Waals surface area (Å²) in [4.78, 5) is 16.3. The summed E-state index contributed by atoms with van der Waals surface area (Å²) in [6.45, 7) is 2.80. The number of hydrogen-bond acceptors (Lipinski definition) is 7. The van der Waals surface area contributed by atoms with Crippen molar-refractivity contribution >= 4 is 29.0 Å². The Kier molecular flexibility index (Phi) is 8.06. The quantitative estimate of drug-likeness (QED) is 0.481. The molecule has 0 fully saturated rings. The highest BCUT2D eigenvalue weighted by Gasteiger charge is 2.10. The third kappa shape index (κ3) is 6.82. The molecule has 0 aliphatic rings. The van der Waals surface area contributed by atoms with E-state index in [1.807, 2.05) is 11.8 Å². The van der Waals surface area contributed by atoms with Crippen LogP contribution in [0.3, 0.4) is 0 Å². The second kappa shape index (κ2) is 10.7. The second-order valence-electron chi connectivity index (χ2n) is 7.35.